The Bertz CT molecular complexity index is 930. The minimum atomic E-state index is -1.42. The van der Waals surface area contributed by atoms with Gasteiger partial charge in [0.25, 0.3) is 5.91 Å². The smallest absolute Gasteiger partial charge is 0.319 e. The summed E-state index contributed by atoms with van der Waals surface area (Å²) in [6.07, 6.45) is 0.180. The van der Waals surface area contributed by atoms with E-state index in [9.17, 15) is 27.6 Å². The first kappa shape index (κ1) is 18.6. The number of rotatable bonds is 5. The summed E-state index contributed by atoms with van der Waals surface area (Å²) >= 11 is 0. The van der Waals surface area contributed by atoms with E-state index in [1.165, 1.54) is 24.3 Å². The van der Waals surface area contributed by atoms with Gasteiger partial charge in [0.1, 0.15) is 11.4 Å². The number of hydrogen-bond acceptors (Lipinski definition) is 3. The number of ketones is 1. The van der Waals surface area contributed by atoms with Gasteiger partial charge in [-0.15, -0.1) is 0 Å². The second-order valence-electron chi connectivity index (χ2n) is 6.14. The number of imide groups is 1. The molecule has 0 bridgehead atoms. The molecule has 1 atom stereocenters. The van der Waals surface area contributed by atoms with Crippen molar-refractivity contribution in [2.24, 2.45) is 0 Å². The Labute approximate surface area is 152 Å². The number of amides is 3. The molecule has 3 amide bonds. The van der Waals surface area contributed by atoms with Crippen LogP contribution in [0.2, 0.25) is 0 Å². The Kier molecular flexibility index (Phi) is 4.73. The predicted molar refractivity (Wildman–Crippen MR) is 89.3 cm³/mol. The van der Waals surface area contributed by atoms with Gasteiger partial charge in [0.05, 0.1) is 6.54 Å². The number of carbonyl (C=O) groups excluding carboxylic acids is 3. The maximum atomic E-state index is 13.3. The number of halogens is 3. The lowest BCUT2D eigenvalue weighted by Crippen LogP contribution is -2.43. The average Bonchev–Trinajstić information content (AvgIpc) is 2.89. The van der Waals surface area contributed by atoms with Gasteiger partial charge in [0, 0.05) is 5.56 Å². The second kappa shape index (κ2) is 6.86. The molecule has 2 aromatic rings. The molecular weight excluding hydrogens is 361 g/mol. The molecule has 2 aromatic carbocycles. The fraction of sp³-hybridized carbons (Fsp3) is 0.211. The van der Waals surface area contributed by atoms with Crippen molar-refractivity contribution in [3.63, 3.8) is 0 Å². The summed E-state index contributed by atoms with van der Waals surface area (Å²) in [5, 5.41) is 2.56. The van der Waals surface area contributed by atoms with Crippen LogP contribution in [0.3, 0.4) is 0 Å². The van der Waals surface area contributed by atoms with Crippen molar-refractivity contribution in [2.45, 2.75) is 18.9 Å². The number of Topliss-reactive ketones (excluding diaryl/α,β-unsaturated/α-hetero) is 1. The molecule has 8 heteroatoms. The number of urea groups is 1. The molecule has 0 saturated carbocycles. The zero-order chi connectivity index (χ0) is 19.8. The molecule has 0 radical (unpaired) electrons. The summed E-state index contributed by atoms with van der Waals surface area (Å²) in [4.78, 5) is 38.3. The molecule has 1 N–H and O–H groups in total. The molecule has 140 valence electrons. The molecule has 0 aliphatic carbocycles. The van der Waals surface area contributed by atoms with E-state index >= 15 is 0 Å². The Hall–Kier alpha value is -3.16. The molecule has 0 aromatic heterocycles. The van der Waals surface area contributed by atoms with Crippen LogP contribution >= 0.6 is 0 Å². The van der Waals surface area contributed by atoms with Crippen molar-refractivity contribution in [1.82, 2.24) is 10.2 Å². The van der Waals surface area contributed by atoms with Crippen molar-refractivity contribution in [3.8, 4) is 0 Å². The Morgan fingerprint density at radius 2 is 1.70 bits per heavy atom. The number of nitrogens with zero attached hydrogens (tertiary/aromatic N) is 1. The zero-order valence-corrected chi connectivity index (χ0v) is 14.3. The van der Waals surface area contributed by atoms with E-state index < -0.39 is 47.3 Å². The van der Waals surface area contributed by atoms with Gasteiger partial charge < -0.3 is 5.32 Å². The minimum Gasteiger partial charge on any atom is -0.319 e. The molecule has 27 heavy (non-hydrogen) atoms. The fourth-order valence-corrected chi connectivity index (χ4v) is 3.05. The molecular formula is C19H15F3N2O3. The maximum absolute atomic E-state index is 13.3. The van der Waals surface area contributed by atoms with Crippen LogP contribution in [0.25, 0.3) is 0 Å². The van der Waals surface area contributed by atoms with Crippen LogP contribution in [0.5, 0.6) is 0 Å². The van der Waals surface area contributed by atoms with Crippen LogP contribution in [0.15, 0.2) is 42.5 Å². The van der Waals surface area contributed by atoms with Gasteiger partial charge in [-0.25, -0.2) is 18.0 Å². The van der Waals surface area contributed by atoms with E-state index in [0.29, 0.717) is 11.6 Å². The number of hydrogen-bond donors (Lipinski definition) is 1. The minimum absolute atomic E-state index is 0.162. The number of carbonyl (C=O) groups is 3. The van der Waals surface area contributed by atoms with Gasteiger partial charge in [-0.1, -0.05) is 19.1 Å². The van der Waals surface area contributed by atoms with Crippen molar-refractivity contribution in [1.29, 1.82) is 0 Å². The summed E-state index contributed by atoms with van der Waals surface area (Å²) in [5.41, 5.74) is -1.20. The largest absolute Gasteiger partial charge is 0.325 e. The molecule has 1 heterocycles. The van der Waals surface area contributed by atoms with E-state index in [-0.39, 0.29) is 12.0 Å². The lowest BCUT2D eigenvalue weighted by Gasteiger charge is -2.25. The van der Waals surface area contributed by atoms with Gasteiger partial charge in [-0.3, -0.25) is 14.5 Å². The standard InChI is InChI=1S/C19H15F3N2O3/c1-2-19(12-4-6-13(20)7-5-12)17(26)24(18(27)23-19)10-16(25)11-3-8-14(21)15(22)9-11/h3-9H,2,10H2,1H3,(H,23,27)/t19-/m1/s1. The highest BCUT2D eigenvalue weighted by atomic mass is 19.2. The average molecular weight is 376 g/mol. The Balaban J connectivity index is 1.87. The fourth-order valence-electron chi connectivity index (χ4n) is 3.05. The molecule has 5 nitrogen and oxygen atoms in total. The number of nitrogens with one attached hydrogen (secondary N) is 1. The third-order valence-corrected chi connectivity index (χ3v) is 4.59. The zero-order valence-electron chi connectivity index (χ0n) is 14.3. The van der Waals surface area contributed by atoms with Gasteiger partial charge in [-0.2, -0.15) is 0 Å². The highest BCUT2D eigenvalue weighted by Gasteiger charge is 2.51. The van der Waals surface area contributed by atoms with Crippen molar-refractivity contribution in [2.75, 3.05) is 6.54 Å². The highest BCUT2D eigenvalue weighted by Crippen LogP contribution is 2.32. The van der Waals surface area contributed by atoms with Gasteiger partial charge in [0.2, 0.25) is 0 Å². The van der Waals surface area contributed by atoms with Crippen molar-refractivity contribution >= 4 is 17.7 Å². The van der Waals surface area contributed by atoms with Crippen LogP contribution < -0.4 is 5.32 Å². The lowest BCUT2D eigenvalue weighted by molar-refractivity contribution is -0.131. The van der Waals surface area contributed by atoms with Crippen LogP contribution in [-0.2, 0) is 10.3 Å². The van der Waals surface area contributed by atoms with Gasteiger partial charge in [0.15, 0.2) is 17.4 Å². The molecule has 0 unspecified atom stereocenters. The first-order chi connectivity index (χ1) is 12.8. The lowest BCUT2D eigenvalue weighted by atomic mass is 9.87. The Morgan fingerprint density at radius 3 is 2.30 bits per heavy atom. The van der Waals surface area contributed by atoms with Crippen LogP contribution in [0.4, 0.5) is 18.0 Å². The van der Waals surface area contributed by atoms with E-state index in [1.807, 2.05) is 0 Å². The highest BCUT2D eigenvalue weighted by molar-refractivity contribution is 6.11. The third-order valence-electron chi connectivity index (χ3n) is 4.59. The molecule has 3 rings (SSSR count). The molecule has 1 fully saturated rings. The van der Waals surface area contributed by atoms with E-state index in [2.05, 4.69) is 5.32 Å². The molecule has 1 saturated heterocycles. The van der Waals surface area contributed by atoms with Gasteiger partial charge in [-0.05, 0) is 42.3 Å². The monoisotopic (exact) mass is 376 g/mol. The third kappa shape index (κ3) is 3.18. The molecule has 1 aliphatic rings. The first-order valence-electron chi connectivity index (χ1n) is 8.17. The topological polar surface area (TPSA) is 66.5 Å². The molecule has 1 aliphatic heterocycles. The van der Waals surface area contributed by atoms with E-state index in [1.54, 1.807) is 6.92 Å². The van der Waals surface area contributed by atoms with Crippen LogP contribution in [-0.4, -0.2) is 29.2 Å². The summed E-state index contributed by atoms with van der Waals surface area (Å²) in [6, 6.07) is 6.90. The van der Waals surface area contributed by atoms with E-state index in [4.69, 9.17) is 0 Å². The second-order valence-corrected chi connectivity index (χ2v) is 6.14. The summed E-state index contributed by atoms with van der Waals surface area (Å²) < 4.78 is 39.5. The number of benzene rings is 2. The van der Waals surface area contributed by atoms with E-state index in [0.717, 1.165) is 17.0 Å². The summed E-state index contributed by atoms with van der Waals surface area (Å²) in [5.74, 6) is -4.19. The van der Waals surface area contributed by atoms with Crippen molar-refractivity contribution < 1.29 is 27.6 Å². The predicted octanol–water partition coefficient (Wildman–Crippen LogP) is 3.14. The summed E-state index contributed by atoms with van der Waals surface area (Å²) in [6.45, 7) is 1.04. The normalized spacial score (nSPS) is 19.3. The van der Waals surface area contributed by atoms with Crippen molar-refractivity contribution in [3.05, 3.63) is 71.0 Å². The SMILES string of the molecule is CC[C@]1(c2ccc(F)cc2)NC(=O)N(CC(=O)c2ccc(F)c(F)c2)C1=O. The quantitative estimate of drug-likeness (QED) is 0.644. The first-order valence-corrected chi connectivity index (χ1v) is 8.17. The van der Waals surface area contributed by atoms with Crippen LogP contribution in [0, 0.1) is 17.5 Å². The summed E-state index contributed by atoms with van der Waals surface area (Å²) in [7, 11) is 0. The van der Waals surface area contributed by atoms with Crippen LogP contribution in [0.1, 0.15) is 29.3 Å². The maximum Gasteiger partial charge on any atom is 0.325 e. The Morgan fingerprint density at radius 1 is 1.04 bits per heavy atom. The molecule has 0 spiro atoms. The van der Waals surface area contributed by atoms with Gasteiger partial charge >= 0.3 is 6.03 Å².